The molecular weight excluding hydrogens is 190 g/mol. The van der Waals surface area contributed by atoms with Gasteiger partial charge in [0.1, 0.15) is 0 Å². The van der Waals surface area contributed by atoms with Crippen LogP contribution in [0.2, 0.25) is 0 Å². The number of thioether (sulfide) groups is 1. The van der Waals surface area contributed by atoms with Crippen molar-refractivity contribution in [2.75, 3.05) is 5.75 Å². The van der Waals surface area contributed by atoms with Crippen molar-refractivity contribution >= 4 is 23.7 Å². The summed E-state index contributed by atoms with van der Waals surface area (Å²) in [5.74, 6) is 0.340. The van der Waals surface area contributed by atoms with E-state index in [4.69, 9.17) is 5.73 Å². The molecule has 0 aromatic rings. The number of hydrazine groups is 1. The highest BCUT2D eigenvalue weighted by atomic mass is 32.2. The first-order valence-electron chi connectivity index (χ1n) is 4.15. The lowest BCUT2D eigenvalue weighted by atomic mass is 10.3. The summed E-state index contributed by atoms with van der Waals surface area (Å²) in [6.45, 7) is 2.03. The molecule has 3 N–H and O–H groups in total. The van der Waals surface area contributed by atoms with Crippen LogP contribution >= 0.6 is 11.8 Å². The van der Waals surface area contributed by atoms with E-state index in [-0.39, 0.29) is 11.3 Å². The Morgan fingerprint density at radius 1 is 1.85 bits per heavy atom. The van der Waals surface area contributed by atoms with Crippen LogP contribution in [0, 0.1) is 0 Å². The summed E-state index contributed by atoms with van der Waals surface area (Å²) in [7, 11) is 0. The average molecular weight is 203 g/mol. The number of carbonyl (C=O) groups excluding carboxylic acids is 2. The van der Waals surface area contributed by atoms with Gasteiger partial charge in [-0.25, -0.2) is 15.2 Å². The molecule has 1 rings (SSSR count). The molecule has 1 unspecified atom stereocenters. The van der Waals surface area contributed by atoms with E-state index in [1.54, 1.807) is 0 Å². The number of nitrogens with two attached hydrogens (primary N) is 1. The van der Waals surface area contributed by atoms with Gasteiger partial charge >= 0.3 is 6.03 Å². The van der Waals surface area contributed by atoms with Gasteiger partial charge in [0.25, 0.3) is 5.91 Å². The van der Waals surface area contributed by atoms with Crippen molar-refractivity contribution in [1.82, 2.24) is 10.4 Å². The Hall–Kier alpha value is -0.910. The first-order chi connectivity index (χ1) is 6.15. The van der Waals surface area contributed by atoms with E-state index in [0.29, 0.717) is 5.75 Å². The lowest BCUT2D eigenvalue weighted by Crippen LogP contribution is -2.49. The van der Waals surface area contributed by atoms with Crippen LogP contribution in [0.1, 0.15) is 19.8 Å². The van der Waals surface area contributed by atoms with Crippen molar-refractivity contribution in [1.29, 1.82) is 0 Å². The van der Waals surface area contributed by atoms with Gasteiger partial charge in [0, 0.05) is 0 Å². The van der Waals surface area contributed by atoms with Crippen LogP contribution in [0.3, 0.4) is 0 Å². The third-order valence-electron chi connectivity index (χ3n) is 1.72. The summed E-state index contributed by atoms with van der Waals surface area (Å²) in [6, 6.07) is -0.683. The molecule has 0 aromatic heterocycles. The van der Waals surface area contributed by atoms with Gasteiger partial charge in [-0.2, -0.15) is 0 Å². The third kappa shape index (κ3) is 2.51. The van der Waals surface area contributed by atoms with Gasteiger partial charge in [0.2, 0.25) is 0 Å². The molecule has 0 saturated carbocycles. The quantitative estimate of drug-likeness (QED) is 0.691. The number of amides is 3. The zero-order valence-electron chi connectivity index (χ0n) is 7.45. The third-order valence-corrected chi connectivity index (χ3v) is 2.97. The maximum atomic E-state index is 11.2. The number of nitrogens with zero attached hydrogens (tertiary/aromatic N) is 1. The molecular formula is C7H13N3O2S. The van der Waals surface area contributed by atoms with Crippen LogP contribution in [-0.4, -0.2) is 28.1 Å². The topological polar surface area (TPSA) is 75.4 Å². The SMILES string of the molecule is CCCC1SCC(=O)N1NC(N)=O. The number of carbonyl (C=O) groups is 2. The van der Waals surface area contributed by atoms with Gasteiger partial charge in [0.05, 0.1) is 11.1 Å². The summed E-state index contributed by atoms with van der Waals surface area (Å²) < 4.78 is 0. The Kier molecular flexibility index (Phi) is 3.41. The van der Waals surface area contributed by atoms with Crippen LogP contribution in [0.15, 0.2) is 0 Å². The second kappa shape index (κ2) is 4.36. The fourth-order valence-corrected chi connectivity index (χ4v) is 2.38. The first-order valence-corrected chi connectivity index (χ1v) is 5.19. The monoisotopic (exact) mass is 203 g/mol. The smallest absolute Gasteiger partial charge is 0.331 e. The van der Waals surface area contributed by atoms with Gasteiger partial charge in [-0.05, 0) is 6.42 Å². The summed E-state index contributed by atoms with van der Waals surface area (Å²) >= 11 is 1.53. The highest BCUT2D eigenvalue weighted by Gasteiger charge is 2.31. The Bertz CT molecular complexity index is 222. The van der Waals surface area contributed by atoms with Gasteiger partial charge in [-0.15, -0.1) is 11.8 Å². The number of hydrogen-bond acceptors (Lipinski definition) is 3. The average Bonchev–Trinajstić information content (AvgIpc) is 2.36. The second-order valence-corrected chi connectivity index (χ2v) is 3.96. The van der Waals surface area contributed by atoms with E-state index in [1.165, 1.54) is 16.8 Å². The lowest BCUT2D eigenvalue weighted by molar-refractivity contribution is -0.130. The number of hydrogen-bond donors (Lipinski definition) is 2. The van der Waals surface area contributed by atoms with Gasteiger partial charge in [-0.3, -0.25) is 4.79 Å². The van der Waals surface area contributed by atoms with Crippen molar-refractivity contribution in [2.24, 2.45) is 5.73 Å². The van der Waals surface area contributed by atoms with Crippen LogP contribution in [0.5, 0.6) is 0 Å². The number of rotatable bonds is 3. The van der Waals surface area contributed by atoms with Crippen molar-refractivity contribution < 1.29 is 9.59 Å². The normalized spacial score (nSPS) is 22.1. The molecule has 13 heavy (non-hydrogen) atoms. The lowest BCUT2D eigenvalue weighted by Gasteiger charge is -2.22. The Labute approximate surface area is 81.0 Å². The molecule has 5 nitrogen and oxygen atoms in total. The minimum atomic E-state index is -0.683. The maximum Gasteiger partial charge on any atom is 0.331 e. The van der Waals surface area contributed by atoms with Crippen molar-refractivity contribution in [3.8, 4) is 0 Å². The Morgan fingerprint density at radius 2 is 2.54 bits per heavy atom. The molecule has 0 bridgehead atoms. The maximum absolute atomic E-state index is 11.2. The Morgan fingerprint density at radius 3 is 3.08 bits per heavy atom. The summed E-state index contributed by atoms with van der Waals surface area (Å²) in [6.07, 6.45) is 1.85. The van der Waals surface area contributed by atoms with Crippen molar-refractivity contribution in [3.63, 3.8) is 0 Å². The predicted molar refractivity (Wildman–Crippen MR) is 50.7 cm³/mol. The highest BCUT2D eigenvalue weighted by molar-refractivity contribution is 8.00. The summed E-state index contributed by atoms with van der Waals surface area (Å²) in [5, 5.41) is 1.38. The standard InChI is InChI=1S/C7H13N3O2S/c1-2-3-6-10(9-7(8)12)5(11)4-13-6/h6H,2-4H2,1H3,(H3,8,9,12). The van der Waals surface area contributed by atoms with E-state index < -0.39 is 6.03 Å². The largest absolute Gasteiger partial charge is 0.350 e. The molecule has 6 heteroatoms. The van der Waals surface area contributed by atoms with E-state index in [1.807, 2.05) is 6.92 Å². The Balaban J connectivity index is 2.54. The molecule has 0 aliphatic carbocycles. The predicted octanol–water partition coefficient (Wildman–Crippen LogP) is 0.271. The highest BCUT2D eigenvalue weighted by Crippen LogP contribution is 2.26. The molecule has 1 heterocycles. The summed E-state index contributed by atoms with van der Waals surface area (Å²) in [4.78, 5) is 21.8. The molecule has 1 saturated heterocycles. The molecule has 0 radical (unpaired) electrons. The molecule has 1 aliphatic heterocycles. The minimum Gasteiger partial charge on any atom is -0.350 e. The number of primary amides is 1. The van der Waals surface area contributed by atoms with Gasteiger partial charge in [-0.1, -0.05) is 13.3 Å². The zero-order valence-corrected chi connectivity index (χ0v) is 8.26. The number of urea groups is 1. The van der Waals surface area contributed by atoms with Gasteiger partial charge < -0.3 is 5.73 Å². The van der Waals surface area contributed by atoms with Crippen LogP contribution in [-0.2, 0) is 4.79 Å². The zero-order chi connectivity index (χ0) is 9.84. The molecule has 3 amide bonds. The second-order valence-electron chi connectivity index (χ2n) is 2.79. The molecule has 1 aliphatic rings. The number of nitrogens with one attached hydrogen (secondary N) is 1. The molecule has 0 aromatic carbocycles. The first kappa shape index (κ1) is 10.2. The van der Waals surface area contributed by atoms with Crippen LogP contribution in [0.25, 0.3) is 0 Å². The summed E-state index contributed by atoms with van der Waals surface area (Å²) in [5.41, 5.74) is 7.27. The van der Waals surface area contributed by atoms with E-state index in [2.05, 4.69) is 5.43 Å². The fourth-order valence-electron chi connectivity index (χ4n) is 1.18. The van der Waals surface area contributed by atoms with E-state index in [0.717, 1.165) is 12.8 Å². The van der Waals surface area contributed by atoms with Crippen LogP contribution in [0.4, 0.5) is 4.79 Å². The molecule has 74 valence electrons. The van der Waals surface area contributed by atoms with Gasteiger partial charge in [0.15, 0.2) is 0 Å². The minimum absolute atomic E-state index is 0.0463. The van der Waals surface area contributed by atoms with E-state index in [9.17, 15) is 9.59 Å². The van der Waals surface area contributed by atoms with Crippen molar-refractivity contribution in [3.05, 3.63) is 0 Å². The molecule has 1 atom stereocenters. The van der Waals surface area contributed by atoms with Crippen molar-refractivity contribution in [2.45, 2.75) is 25.1 Å². The fraction of sp³-hybridized carbons (Fsp3) is 0.714. The molecule has 1 fully saturated rings. The van der Waals surface area contributed by atoms with E-state index >= 15 is 0 Å². The van der Waals surface area contributed by atoms with Crippen LogP contribution < -0.4 is 11.2 Å². The molecule has 0 spiro atoms.